The van der Waals surface area contributed by atoms with Crippen molar-refractivity contribution < 1.29 is 25.8 Å². The Kier molecular flexibility index (Phi) is 4.31. The third-order valence-electron chi connectivity index (χ3n) is 2.39. The Morgan fingerprint density at radius 2 is 1.53 bits per heavy atom. The summed E-state index contributed by atoms with van der Waals surface area (Å²) in [6.07, 6.45) is -4.68. The van der Waals surface area contributed by atoms with Gasteiger partial charge in [0.15, 0.2) is 6.61 Å². The van der Waals surface area contributed by atoms with Crippen molar-refractivity contribution in [2.45, 2.75) is 37.3 Å². The van der Waals surface area contributed by atoms with Gasteiger partial charge in [0, 0.05) is 0 Å². The highest BCUT2D eigenvalue weighted by molar-refractivity contribution is 7.86. The van der Waals surface area contributed by atoms with Gasteiger partial charge in [0.05, 0.1) is 4.90 Å². The summed E-state index contributed by atoms with van der Waals surface area (Å²) in [4.78, 5) is -0.287. The second kappa shape index (κ2) is 5.13. The van der Waals surface area contributed by atoms with Crippen LogP contribution in [0.2, 0.25) is 0 Å². The van der Waals surface area contributed by atoms with Crippen molar-refractivity contribution in [2.24, 2.45) is 0 Å². The maximum Gasteiger partial charge on any atom is 0.413 e. The van der Waals surface area contributed by atoms with Gasteiger partial charge in [-0.05, 0) is 23.1 Å². The van der Waals surface area contributed by atoms with Crippen LogP contribution < -0.4 is 0 Å². The molecule has 0 saturated carbocycles. The maximum absolute atomic E-state index is 11.9. The van der Waals surface area contributed by atoms with E-state index in [9.17, 15) is 21.6 Å². The van der Waals surface area contributed by atoms with Crippen molar-refractivity contribution in [1.29, 1.82) is 0 Å². The first kappa shape index (κ1) is 16.0. The smallest absolute Gasteiger partial charge is 0.257 e. The molecule has 0 aliphatic rings. The molecule has 0 N–H and O–H groups in total. The minimum atomic E-state index is -4.68. The number of halogens is 3. The Bertz CT molecular complexity index is 525. The fraction of sp³-hybridized carbons (Fsp3) is 0.500. The Morgan fingerprint density at radius 3 is 1.89 bits per heavy atom. The molecule has 0 aliphatic carbocycles. The molecule has 0 bridgehead atoms. The molecule has 0 amide bonds. The molecule has 0 unspecified atom stereocenters. The van der Waals surface area contributed by atoms with Crippen molar-refractivity contribution in [3.05, 3.63) is 29.8 Å². The highest BCUT2D eigenvalue weighted by Crippen LogP contribution is 2.25. The Labute approximate surface area is 110 Å². The van der Waals surface area contributed by atoms with E-state index in [4.69, 9.17) is 0 Å². The first-order valence-corrected chi connectivity index (χ1v) is 6.89. The molecule has 1 aromatic rings. The number of alkyl halides is 3. The first-order chi connectivity index (χ1) is 8.42. The van der Waals surface area contributed by atoms with Gasteiger partial charge in [-0.15, -0.1) is 0 Å². The summed E-state index contributed by atoms with van der Waals surface area (Å²) in [5.74, 6) is 0. The lowest BCUT2D eigenvalue weighted by atomic mass is 9.87. The number of rotatable bonds is 3. The van der Waals surface area contributed by atoms with E-state index >= 15 is 0 Å². The molecule has 0 spiro atoms. The molecule has 0 atom stereocenters. The van der Waals surface area contributed by atoms with Crippen molar-refractivity contribution in [3.63, 3.8) is 0 Å². The number of hydrogen-bond acceptors (Lipinski definition) is 3. The molecule has 1 aromatic carbocycles. The molecule has 3 nitrogen and oxygen atoms in total. The van der Waals surface area contributed by atoms with Crippen LogP contribution in [-0.4, -0.2) is 21.2 Å². The number of benzene rings is 1. The second-order valence-corrected chi connectivity index (χ2v) is 6.72. The van der Waals surface area contributed by atoms with E-state index in [2.05, 4.69) is 4.18 Å². The van der Waals surface area contributed by atoms with E-state index < -0.39 is 22.9 Å². The van der Waals surface area contributed by atoms with E-state index in [0.717, 1.165) is 5.56 Å². The largest absolute Gasteiger partial charge is 0.413 e. The molecule has 0 aromatic heterocycles. The predicted octanol–water partition coefficient (Wildman–Crippen LogP) is 3.25. The van der Waals surface area contributed by atoms with Gasteiger partial charge in [0.1, 0.15) is 0 Å². The van der Waals surface area contributed by atoms with Gasteiger partial charge < -0.3 is 0 Å². The van der Waals surface area contributed by atoms with Crippen molar-refractivity contribution in [2.75, 3.05) is 6.61 Å². The zero-order chi connectivity index (χ0) is 14.9. The molecule has 7 heteroatoms. The summed E-state index contributed by atoms with van der Waals surface area (Å²) in [5.41, 5.74) is 0.706. The zero-order valence-corrected chi connectivity index (χ0v) is 11.6. The molecule has 108 valence electrons. The van der Waals surface area contributed by atoms with Crippen molar-refractivity contribution >= 4 is 10.1 Å². The van der Waals surface area contributed by atoms with E-state index in [1.807, 2.05) is 20.8 Å². The van der Waals surface area contributed by atoms with Crippen LogP contribution in [0.15, 0.2) is 29.2 Å². The van der Waals surface area contributed by atoms with Gasteiger partial charge in [0.2, 0.25) is 0 Å². The minimum Gasteiger partial charge on any atom is -0.257 e. The molecular weight excluding hydrogens is 281 g/mol. The fourth-order valence-electron chi connectivity index (χ4n) is 1.33. The summed E-state index contributed by atoms with van der Waals surface area (Å²) in [6, 6.07) is 5.60. The lowest BCUT2D eigenvalue weighted by molar-refractivity contribution is -0.152. The Morgan fingerprint density at radius 1 is 1.05 bits per heavy atom. The zero-order valence-electron chi connectivity index (χ0n) is 10.8. The Hall–Kier alpha value is -1.08. The summed E-state index contributed by atoms with van der Waals surface area (Å²) in [6.45, 7) is 4.00. The lowest BCUT2D eigenvalue weighted by Gasteiger charge is -2.19. The van der Waals surface area contributed by atoms with E-state index in [-0.39, 0.29) is 10.3 Å². The molecular formula is C12H15F3O3S. The molecule has 19 heavy (non-hydrogen) atoms. The monoisotopic (exact) mass is 296 g/mol. The predicted molar refractivity (Wildman–Crippen MR) is 64.3 cm³/mol. The van der Waals surface area contributed by atoms with Gasteiger partial charge in [-0.2, -0.15) is 21.6 Å². The molecule has 0 fully saturated rings. The van der Waals surface area contributed by atoms with Crippen molar-refractivity contribution in [3.8, 4) is 0 Å². The normalized spacial score (nSPS) is 13.6. The van der Waals surface area contributed by atoms with Gasteiger partial charge in [0.25, 0.3) is 10.1 Å². The third-order valence-corrected chi connectivity index (χ3v) is 3.66. The number of hydrogen-bond donors (Lipinski definition) is 0. The van der Waals surface area contributed by atoms with Crippen LogP contribution in [-0.2, 0) is 19.7 Å². The van der Waals surface area contributed by atoms with Gasteiger partial charge in [-0.25, -0.2) is 0 Å². The topological polar surface area (TPSA) is 43.4 Å². The lowest BCUT2D eigenvalue weighted by Crippen LogP contribution is -2.20. The second-order valence-electron chi connectivity index (χ2n) is 5.11. The van der Waals surface area contributed by atoms with E-state index in [1.165, 1.54) is 12.1 Å². The quantitative estimate of drug-likeness (QED) is 0.804. The van der Waals surface area contributed by atoms with Crippen LogP contribution in [0.3, 0.4) is 0 Å². The van der Waals surface area contributed by atoms with E-state index in [1.54, 1.807) is 12.1 Å². The molecule has 0 saturated heterocycles. The van der Waals surface area contributed by atoms with Crippen LogP contribution in [0.1, 0.15) is 26.3 Å². The first-order valence-electron chi connectivity index (χ1n) is 5.48. The van der Waals surface area contributed by atoms with Crippen LogP contribution in [0.4, 0.5) is 13.2 Å². The SMILES string of the molecule is CC(C)(C)c1ccc(S(=O)(=O)OCC(F)(F)F)cc1. The summed E-state index contributed by atoms with van der Waals surface area (Å²) < 4.78 is 62.8. The van der Waals surface area contributed by atoms with Crippen LogP contribution in [0.5, 0.6) is 0 Å². The van der Waals surface area contributed by atoms with Crippen LogP contribution in [0.25, 0.3) is 0 Å². The average molecular weight is 296 g/mol. The highest BCUT2D eigenvalue weighted by atomic mass is 32.2. The minimum absolute atomic E-state index is 0.172. The summed E-state index contributed by atoms with van der Waals surface area (Å²) >= 11 is 0. The van der Waals surface area contributed by atoms with Gasteiger partial charge in [-0.3, -0.25) is 4.18 Å². The highest BCUT2D eigenvalue weighted by Gasteiger charge is 2.31. The maximum atomic E-state index is 11.9. The summed E-state index contributed by atoms with van der Waals surface area (Å²) in [5, 5.41) is 0. The van der Waals surface area contributed by atoms with Crippen LogP contribution >= 0.6 is 0 Å². The van der Waals surface area contributed by atoms with Crippen molar-refractivity contribution in [1.82, 2.24) is 0 Å². The molecule has 1 rings (SSSR count). The molecule has 0 aliphatic heterocycles. The average Bonchev–Trinajstić information content (AvgIpc) is 2.25. The Balaban J connectivity index is 2.92. The molecule has 0 heterocycles. The third kappa shape index (κ3) is 4.83. The standard InChI is InChI=1S/C12H15F3O3S/c1-11(2,3)9-4-6-10(7-5-9)19(16,17)18-8-12(13,14)15/h4-7H,8H2,1-3H3. The van der Waals surface area contributed by atoms with Gasteiger partial charge in [-0.1, -0.05) is 32.9 Å². The summed E-state index contributed by atoms with van der Waals surface area (Å²) in [7, 11) is -4.38. The fourth-order valence-corrected chi connectivity index (χ4v) is 2.23. The molecule has 0 radical (unpaired) electrons. The van der Waals surface area contributed by atoms with Gasteiger partial charge >= 0.3 is 6.18 Å². The van der Waals surface area contributed by atoms with E-state index in [0.29, 0.717) is 0 Å². The van der Waals surface area contributed by atoms with Crippen LogP contribution in [0, 0.1) is 0 Å².